The Kier molecular flexibility index (Phi) is 12.6. The van der Waals surface area contributed by atoms with Gasteiger partial charge in [-0.1, -0.05) is 6.07 Å². The van der Waals surface area contributed by atoms with Crippen LogP contribution >= 0.6 is 24.0 Å². The molecular formula is C18H31IN4O2. The van der Waals surface area contributed by atoms with Gasteiger partial charge in [0.05, 0.1) is 0 Å². The number of aromatic nitrogens is 1. The molecule has 0 amide bonds. The smallest absolute Gasteiger partial charge is 0.190 e. The van der Waals surface area contributed by atoms with Gasteiger partial charge in [-0.15, -0.1) is 24.0 Å². The van der Waals surface area contributed by atoms with Crippen molar-refractivity contribution in [2.24, 2.45) is 10.9 Å². The van der Waals surface area contributed by atoms with Crippen LogP contribution in [-0.2, 0) is 15.9 Å². The van der Waals surface area contributed by atoms with Crippen molar-refractivity contribution in [2.45, 2.75) is 25.7 Å². The van der Waals surface area contributed by atoms with Gasteiger partial charge < -0.3 is 20.1 Å². The first-order valence-corrected chi connectivity index (χ1v) is 8.87. The summed E-state index contributed by atoms with van der Waals surface area (Å²) in [6, 6.07) is 4.05. The van der Waals surface area contributed by atoms with Crippen molar-refractivity contribution in [3.63, 3.8) is 0 Å². The van der Waals surface area contributed by atoms with Crippen molar-refractivity contribution in [1.29, 1.82) is 0 Å². The van der Waals surface area contributed by atoms with Crippen LogP contribution in [0.25, 0.3) is 0 Å². The van der Waals surface area contributed by atoms with Crippen molar-refractivity contribution >= 4 is 29.9 Å². The van der Waals surface area contributed by atoms with Crippen LogP contribution in [0.15, 0.2) is 29.5 Å². The van der Waals surface area contributed by atoms with Crippen LogP contribution in [-0.4, -0.2) is 57.5 Å². The highest BCUT2D eigenvalue weighted by Crippen LogP contribution is 2.14. The van der Waals surface area contributed by atoms with E-state index in [-0.39, 0.29) is 24.0 Å². The molecule has 0 bridgehead atoms. The van der Waals surface area contributed by atoms with Crippen molar-refractivity contribution in [3.8, 4) is 0 Å². The summed E-state index contributed by atoms with van der Waals surface area (Å²) < 4.78 is 11.1. The molecule has 0 unspecified atom stereocenters. The Morgan fingerprint density at radius 2 is 2.12 bits per heavy atom. The molecular weight excluding hydrogens is 431 g/mol. The van der Waals surface area contributed by atoms with Crippen molar-refractivity contribution in [1.82, 2.24) is 15.6 Å². The van der Waals surface area contributed by atoms with E-state index in [9.17, 15) is 0 Å². The van der Waals surface area contributed by atoms with Gasteiger partial charge in [0.15, 0.2) is 5.96 Å². The van der Waals surface area contributed by atoms with E-state index in [2.05, 4.69) is 26.7 Å². The molecule has 142 valence electrons. The zero-order chi connectivity index (χ0) is 16.9. The Morgan fingerprint density at radius 1 is 1.32 bits per heavy atom. The molecule has 1 aliphatic rings. The van der Waals surface area contributed by atoms with Crippen LogP contribution in [0.2, 0.25) is 0 Å². The maximum absolute atomic E-state index is 5.76. The van der Waals surface area contributed by atoms with Crippen LogP contribution in [0.4, 0.5) is 0 Å². The van der Waals surface area contributed by atoms with E-state index in [0.717, 1.165) is 71.2 Å². The second-order valence-corrected chi connectivity index (χ2v) is 6.02. The van der Waals surface area contributed by atoms with Gasteiger partial charge in [0.1, 0.15) is 0 Å². The minimum absolute atomic E-state index is 0. The van der Waals surface area contributed by atoms with E-state index >= 15 is 0 Å². The predicted molar refractivity (Wildman–Crippen MR) is 112 cm³/mol. The quantitative estimate of drug-likeness (QED) is 0.255. The number of nitrogens with zero attached hydrogens (tertiary/aromatic N) is 2. The molecule has 7 heteroatoms. The Morgan fingerprint density at radius 3 is 2.84 bits per heavy atom. The van der Waals surface area contributed by atoms with Crippen molar-refractivity contribution in [2.75, 3.05) is 46.6 Å². The number of hydrogen-bond donors (Lipinski definition) is 2. The number of hydrogen-bond acceptors (Lipinski definition) is 4. The molecule has 2 heterocycles. The lowest BCUT2D eigenvalue weighted by molar-refractivity contribution is 0.0203. The Hall–Kier alpha value is -0.930. The van der Waals surface area contributed by atoms with E-state index in [1.165, 1.54) is 5.56 Å². The third-order valence-electron chi connectivity index (χ3n) is 4.10. The summed E-state index contributed by atoms with van der Waals surface area (Å²) >= 11 is 0. The molecule has 0 atom stereocenters. The van der Waals surface area contributed by atoms with Gasteiger partial charge in [-0.3, -0.25) is 9.98 Å². The van der Waals surface area contributed by atoms with Crippen molar-refractivity contribution in [3.05, 3.63) is 30.1 Å². The number of halogens is 1. The first-order chi connectivity index (χ1) is 11.9. The summed E-state index contributed by atoms with van der Waals surface area (Å²) in [6.07, 6.45) is 7.86. The van der Waals surface area contributed by atoms with Crippen LogP contribution in [0.1, 0.15) is 24.8 Å². The predicted octanol–water partition coefficient (Wildman–Crippen LogP) is 2.24. The molecule has 0 radical (unpaired) electrons. The molecule has 1 aromatic heterocycles. The van der Waals surface area contributed by atoms with Gasteiger partial charge in [0, 0.05) is 59.0 Å². The largest absolute Gasteiger partial charge is 0.381 e. The number of pyridine rings is 1. The van der Waals surface area contributed by atoms with Gasteiger partial charge in [-0.05, 0) is 43.2 Å². The number of ether oxygens (including phenoxy) is 2. The summed E-state index contributed by atoms with van der Waals surface area (Å²) in [7, 11) is 1.79. The average Bonchev–Trinajstić information content (AvgIpc) is 2.64. The minimum Gasteiger partial charge on any atom is -0.381 e. The summed E-state index contributed by atoms with van der Waals surface area (Å²) in [5.74, 6) is 1.51. The van der Waals surface area contributed by atoms with E-state index in [4.69, 9.17) is 9.47 Å². The second-order valence-electron chi connectivity index (χ2n) is 6.02. The normalized spacial score (nSPS) is 15.5. The highest BCUT2D eigenvalue weighted by Gasteiger charge is 2.13. The van der Waals surface area contributed by atoms with E-state index < -0.39 is 0 Å². The Balaban J connectivity index is 0.00000312. The summed E-state index contributed by atoms with van der Waals surface area (Å²) in [6.45, 7) is 5.12. The molecule has 1 aromatic rings. The second kappa shape index (κ2) is 14.3. The SMILES string of the molecule is CN=C(NCCCOCC1CCOCC1)NCCc1cccnc1.I. The molecule has 2 rings (SSSR count). The van der Waals surface area contributed by atoms with Gasteiger partial charge in [0.25, 0.3) is 0 Å². The molecule has 0 spiro atoms. The average molecular weight is 462 g/mol. The molecule has 1 fully saturated rings. The minimum atomic E-state index is 0. The van der Waals surface area contributed by atoms with E-state index in [1.54, 1.807) is 13.2 Å². The zero-order valence-electron chi connectivity index (χ0n) is 15.1. The standard InChI is InChI=1S/C18H30N4O2.HI/c1-19-18(22-10-5-16-4-2-8-20-14-16)21-9-3-11-24-15-17-6-12-23-13-7-17;/h2,4,8,14,17H,3,5-7,9-13,15H2,1H3,(H2,19,21,22);1H. The Bertz CT molecular complexity index is 467. The van der Waals surface area contributed by atoms with E-state index in [0.29, 0.717) is 5.92 Å². The summed E-state index contributed by atoms with van der Waals surface area (Å²) in [5, 5.41) is 6.63. The highest BCUT2D eigenvalue weighted by molar-refractivity contribution is 14.0. The molecule has 6 nitrogen and oxygen atoms in total. The third-order valence-corrected chi connectivity index (χ3v) is 4.10. The van der Waals surface area contributed by atoms with Crippen LogP contribution in [0.3, 0.4) is 0 Å². The summed E-state index contributed by atoms with van der Waals surface area (Å²) in [4.78, 5) is 8.35. The maximum Gasteiger partial charge on any atom is 0.190 e. The molecule has 0 aliphatic carbocycles. The van der Waals surface area contributed by atoms with Gasteiger partial charge >= 0.3 is 0 Å². The topological polar surface area (TPSA) is 67.8 Å². The summed E-state index contributed by atoms with van der Waals surface area (Å²) in [5.41, 5.74) is 1.22. The number of aliphatic imine (C=N–C) groups is 1. The number of guanidine groups is 1. The van der Waals surface area contributed by atoms with Gasteiger partial charge in [0.2, 0.25) is 0 Å². The third kappa shape index (κ3) is 9.96. The van der Waals surface area contributed by atoms with Crippen LogP contribution in [0.5, 0.6) is 0 Å². The first-order valence-electron chi connectivity index (χ1n) is 8.87. The fourth-order valence-corrected chi connectivity index (χ4v) is 2.64. The van der Waals surface area contributed by atoms with E-state index in [1.807, 2.05) is 12.3 Å². The van der Waals surface area contributed by atoms with Crippen LogP contribution < -0.4 is 10.6 Å². The highest BCUT2D eigenvalue weighted by atomic mass is 127. The molecule has 2 N–H and O–H groups in total. The van der Waals surface area contributed by atoms with Crippen LogP contribution in [0, 0.1) is 5.92 Å². The first kappa shape index (κ1) is 22.1. The molecule has 25 heavy (non-hydrogen) atoms. The lowest BCUT2D eigenvalue weighted by atomic mass is 10.0. The molecule has 1 aliphatic heterocycles. The lowest BCUT2D eigenvalue weighted by Crippen LogP contribution is -2.39. The zero-order valence-corrected chi connectivity index (χ0v) is 17.4. The molecule has 1 saturated heterocycles. The van der Waals surface area contributed by atoms with Gasteiger partial charge in [-0.2, -0.15) is 0 Å². The Labute approximate surface area is 168 Å². The number of rotatable bonds is 9. The monoisotopic (exact) mass is 462 g/mol. The van der Waals surface area contributed by atoms with Crippen molar-refractivity contribution < 1.29 is 9.47 Å². The molecule has 0 aromatic carbocycles. The molecule has 0 saturated carbocycles. The maximum atomic E-state index is 5.76. The fraction of sp³-hybridized carbons (Fsp3) is 0.667. The lowest BCUT2D eigenvalue weighted by Gasteiger charge is -2.21. The van der Waals surface area contributed by atoms with Gasteiger partial charge in [-0.25, -0.2) is 0 Å². The fourth-order valence-electron chi connectivity index (χ4n) is 2.64. The number of nitrogens with one attached hydrogen (secondary N) is 2.